The molecule has 1 heterocycles. The summed E-state index contributed by atoms with van der Waals surface area (Å²) >= 11 is 0. The molecule has 0 aliphatic heterocycles. The molecular weight excluding hydrogens is 242 g/mol. The molecule has 5 nitrogen and oxygen atoms in total. The van der Waals surface area contributed by atoms with Crippen molar-refractivity contribution in [2.45, 2.75) is 32.7 Å². The fourth-order valence-electron chi connectivity index (χ4n) is 3.14. The van der Waals surface area contributed by atoms with E-state index in [1.807, 2.05) is 14.0 Å². The van der Waals surface area contributed by atoms with Crippen molar-refractivity contribution in [3.05, 3.63) is 11.3 Å². The molecule has 1 fully saturated rings. The van der Waals surface area contributed by atoms with Crippen molar-refractivity contribution in [3.63, 3.8) is 0 Å². The third kappa shape index (κ3) is 3.09. The number of nitrogens with one attached hydrogen (secondary N) is 1. The smallest absolute Gasteiger partial charge is 0.216 e. The lowest BCUT2D eigenvalue weighted by Crippen LogP contribution is -2.26. The van der Waals surface area contributed by atoms with E-state index >= 15 is 0 Å². The third-order valence-corrected chi connectivity index (χ3v) is 4.24. The Morgan fingerprint density at radius 2 is 2.16 bits per heavy atom. The number of nitrogens with zero attached hydrogens (tertiary/aromatic N) is 2. The zero-order chi connectivity index (χ0) is 13.8. The topological polar surface area (TPSA) is 59.3 Å². The lowest BCUT2D eigenvalue weighted by atomic mass is 9.97. The SMILES string of the molecule is COc1c(CNCC2CCCC2CO)c(C)nn1C. The van der Waals surface area contributed by atoms with Gasteiger partial charge >= 0.3 is 0 Å². The molecule has 108 valence electrons. The van der Waals surface area contributed by atoms with Crippen molar-refractivity contribution in [1.82, 2.24) is 15.1 Å². The van der Waals surface area contributed by atoms with E-state index in [4.69, 9.17) is 4.74 Å². The molecule has 5 heteroatoms. The lowest BCUT2D eigenvalue weighted by Gasteiger charge is -2.17. The van der Waals surface area contributed by atoms with Gasteiger partial charge in [-0.25, -0.2) is 4.68 Å². The monoisotopic (exact) mass is 267 g/mol. The van der Waals surface area contributed by atoms with Gasteiger partial charge in [0, 0.05) is 20.2 Å². The van der Waals surface area contributed by atoms with Crippen LogP contribution >= 0.6 is 0 Å². The van der Waals surface area contributed by atoms with E-state index in [0.717, 1.165) is 36.6 Å². The predicted molar refractivity (Wildman–Crippen MR) is 74.1 cm³/mol. The molecule has 2 unspecified atom stereocenters. The van der Waals surface area contributed by atoms with Crippen LogP contribution in [0.3, 0.4) is 0 Å². The van der Waals surface area contributed by atoms with Crippen LogP contribution in [0.1, 0.15) is 30.5 Å². The summed E-state index contributed by atoms with van der Waals surface area (Å²) in [6, 6.07) is 0. The van der Waals surface area contributed by atoms with Gasteiger partial charge in [0.1, 0.15) is 0 Å². The molecule has 0 aromatic carbocycles. The molecule has 2 N–H and O–H groups in total. The summed E-state index contributed by atoms with van der Waals surface area (Å²) in [7, 11) is 3.58. The third-order valence-electron chi connectivity index (χ3n) is 4.24. The average molecular weight is 267 g/mol. The standard InChI is InChI=1S/C14H25N3O2/c1-10-13(14(19-3)17(2)16-10)8-15-7-11-5-4-6-12(11)9-18/h11-12,15,18H,4-9H2,1-3H3. The van der Waals surface area contributed by atoms with E-state index in [0.29, 0.717) is 18.4 Å². The van der Waals surface area contributed by atoms with Crippen LogP contribution in [0, 0.1) is 18.8 Å². The minimum atomic E-state index is 0.321. The molecule has 2 rings (SSSR count). The summed E-state index contributed by atoms with van der Waals surface area (Å²) < 4.78 is 7.16. The second-order valence-electron chi connectivity index (χ2n) is 5.46. The second kappa shape index (κ2) is 6.39. The van der Waals surface area contributed by atoms with Crippen LogP contribution < -0.4 is 10.1 Å². The number of ether oxygens (including phenoxy) is 1. The minimum absolute atomic E-state index is 0.321. The Morgan fingerprint density at radius 1 is 1.42 bits per heavy atom. The summed E-state index contributed by atoms with van der Waals surface area (Å²) in [6.45, 7) is 4.06. The van der Waals surface area contributed by atoms with E-state index in [2.05, 4.69) is 10.4 Å². The number of hydrogen-bond acceptors (Lipinski definition) is 4. The van der Waals surface area contributed by atoms with Crippen molar-refractivity contribution in [2.75, 3.05) is 20.3 Å². The van der Waals surface area contributed by atoms with Gasteiger partial charge in [-0.15, -0.1) is 0 Å². The molecule has 0 bridgehead atoms. The number of aryl methyl sites for hydroxylation is 2. The van der Waals surface area contributed by atoms with Gasteiger partial charge in [-0.3, -0.25) is 0 Å². The Morgan fingerprint density at radius 3 is 2.84 bits per heavy atom. The van der Waals surface area contributed by atoms with Gasteiger partial charge in [-0.1, -0.05) is 6.42 Å². The maximum atomic E-state index is 9.32. The van der Waals surface area contributed by atoms with Gasteiger partial charge < -0.3 is 15.2 Å². The van der Waals surface area contributed by atoms with Gasteiger partial charge in [0.05, 0.1) is 18.4 Å². The zero-order valence-electron chi connectivity index (χ0n) is 12.1. The summed E-state index contributed by atoms with van der Waals surface area (Å²) in [5, 5.41) is 17.2. The van der Waals surface area contributed by atoms with Gasteiger partial charge in [0.2, 0.25) is 5.88 Å². The highest BCUT2D eigenvalue weighted by atomic mass is 16.5. The Kier molecular flexibility index (Phi) is 4.82. The van der Waals surface area contributed by atoms with Crippen LogP contribution in [-0.2, 0) is 13.6 Å². The van der Waals surface area contributed by atoms with Crippen molar-refractivity contribution in [2.24, 2.45) is 18.9 Å². The quantitative estimate of drug-likeness (QED) is 0.814. The molecule has 0 spiro atoms. The Bertz CT molecular complexity index is 417. The van der Waals surface area contributed by atoms with Crippen molar-refractivity contribution in [3.8, 4) is 5.88 Å². The first-order valence-electron chi connectivity index (χ1n) is 7.05. The van der Waals surface area contributed by atoms with Crippen LogP contribution in [0.2, 0.25) is 0 Å². The van der Waals surface area contributed by atoms with Crippen LogP contribution in [0.5, 0.6) is 5.88 Å². The van der Waals surface area contributed by atoms with Gasteiger partial charge in [-0.05, 0) is 38.1 Å². The van der Waals surface area contributed by atoms with Crippen LogP contribution in [0.4, 0.5) is 0 Å². The molecule has 1 aromatic heterocycles. The fourth-order valence-corrected chi connectivity index (χ4v) is 3.14. The number of hydrogen-bond donors (Lipinski definition) is 2. The number of rotatable bonds is 6. The first-order valence-corrected chi connectivity index (χ1v) is 7.05. The normalized spacial score (nSPS) is 22.9. The summed E-state index contributed by atoms with van der Waals surface area (Å²) in [6.07, 6.45) is 3.63. The molecule has 19 heavy (non-hydrogen) atoms. The van der Waals surface area contributed by atoms with Gasteiger partial charge in [0.15, 0.2) is 0 Å². The maximum Gasteiger partial charge on any atom is 0.216 e. The van der Waals surface area contributed by atoms with E-state index in [1.165, 1.54) is 12.8 Å². The first-order chi connectivity index (χ1) is 9.17. The number of methoxy groups -OCH3 is 1. The van der Waals surface area contributed by atoms with Crippen molar-refractivity contribution >= 4 is 0 Å². The largest absolute Gasteiger partial charge is 0.481 e. The Hall–Kier alpha value is -1.07. The van der Waals surface area contributed by atoms with E-state index in [-0.39, 0.29) is 0 Å². The summed E-state index contributed by atoms with van der Waals surface area (Å²) in [4.78, 5) is 0. The van der Waals surface area contributed by atoms with Crippen LogP contribution in [0.25, 0.3) is 0 Å². The van der Waals surface area contributed by atoms with Gasteiger partial charge in [0.25, 0.3) is 0 Å². The molecule has 1 aromatic rings. The highest BCUT2D eigenvalue weighted by molar-refractivity contribution is 5.30. The highest BCUT2D eigenvalue weighted by Crippen LogP contribution is 2.30. The van der Waals surface area contributed by atoms with Crippen LogP contribution in [-0.4, -0.2) is 35.1 Å². The molecule has 1 saturated carbocycles. The molecule has 0 radical (unpaired) electrons. The number of aliphatic hydroxyl groups excluding tert-OH is 1. The molecule has 2 atom stereocenters. The minimum Gasteiger partial charge on any atom is -0.481 e. The Balaban J connectivity index is 1.89. The number of aromatic nitrogens is 2. The first kappa shape index (κ1) is 14.3. The van der Waals surface area contributed by atoms with Crippen molar-refractivity contribution < 1.29 is 9.84 Å². The van der Waals surface area contributed by atoms with E-state index < -0.39 is 0 Å². The summed E-state index contributed by atoms with van der Waals surface area (Å²) in [5.74, 6) is 1.91. The van der Waals surface area contributed by atoms with Gasteiger partial charge in [-0.2, -0.15) is 5.10 Å². The molecule has 1 aliphatic rings. The molecular formula is C14H25N3O2. The molecule has 0 saturated heterocycles. The maximum absolute atomic E-state index is 9.32. The second-order valence-corrected chi connectivity index (χ2v) is 5.46. The Labute approximate surface area is 115 Å². The predicted octanol–water partition coefficient (Wildman–Crippen LogP) is 1.24. The average Bonchev–Trinajstić information content (AvgIpc) is 2.94. The highest BCUT2D eigenvalue weighted by Gasteiger charge is 2.26. The molecule has 0 amide bonds. The summed E-state index contributed by atoms with van der Waals surface area (Å²) in [5.41, 5.74) is 2.14. The van der Waals surface area contributed by atoms with E-state index in [9.17, 15) is 5.11 Å². The zero-order valence-corrected chi connectivity index (χ0v) is 12.1. The number of aliphatic hydroxyl groups is 1. The van der Waals surface area contributed by atoms with Crippen LogP contribution in [0.15, 0.2) is 0 Å². The van der Waals surface area contributed by atoms with E-state index in [1.54, 1.807) is 11.8 Å². The van der Waals surface area contributed by atoms with Crippen molar-refractivity contribution in [1.29, 1.82) is 0 Å². The molecule has 1 aliphatic carbocycles. The fraction of sp³-hybridized carbons (Fsp3) is 0.786. The lowest BCUT2D eigenvalue weighted by molar-refractivity contribution is 0.192.